The minimum Gasteiger partial charge on any atom is -0.352 e. The van der Waals surface area contributed by atoms with Gasteiger partial charge in [0.1, 0.15) is 12.6 Å². The zero-order valence-corrected chi connectivity index (χ0v) is 25.8. The Hall–Kier alpha value is -2.78. The monoisotopic (exact) mass is 623 g/mol. The van der Waals surface area contributed by atoms with E-state index in [1.54, 1.807) is 55.5 Å². The minimum absolute atomic E-state index is 0.0164. The van der Waals surface area contributed by atoms with Crippen molar-refractivity contribution in [3.8, 4) is 0 Å². The lowest BCUT2D eigenvalue weighted by Gasteiger charge is -2.33. The molecule has 0 saturated carbocycles. The fourth-order valence-corrected chi connectivity index (χ4v) is 6.19. The molecule has 1 N–H and O–H groups in total. The normalized spacial score (nSPS) is 12.2. The van der Waals surface area contributed by atoms with E-state index in [-0.39, 0.29) is 35.5 Å². The molecule has 0 heterocycles. The molecule has 3 aromatic rings. The van der Waals surface area contributed by atoms with Crippen LogP contribution in [0.3, 0.4) is 0 Å². The summed E-state index contributed by atoms with van der Waals surface area (Å²) in [7, 11) is -4.19. The zero-order chi connectivity index (χ0) is 29.6. The molecule has 0 aliphatic rings. The van der Waals surface area contributed by atoms with Gasteiger partial charge in [0.25, 0.3) is 10.0 Å². The highest BCUT2D eigenvalue weighted by Gasteiger charge is 2.34. The quantitative estimate of drug-likeness (QED) is 0.265. The van der Waals surface area contributed by atoms with E-state index >= 15 is 0 Å². The van der Waals surface area contributed by atoms with Crippen LogP contribution in [0.25, 0.3) is 0 Å². The number of nitrogens with one attached hydrogen (secondary N) is 1. The molecule has 1 atom stereocenters. The van der Waals surface area contributed by atoms with E-state index in [4.69, 9.17) is 34.8 Å². The molecule has 0 bridgehead atoms. The highest BCUT2D eigenvalue weighted by molar-refractivity contribution is 7.92. The third-order valence-electron chi connectivity index (χ3n) is 6.16. The number of hydrogen-bond donors (Lipinski definition) is 1. The smallest absolute Gasteiger partial charge is 0.264 e. The maximum absolute atomic E-state index is 14.1. The number of sulfonamides is 1. The summed E-state index contributed by atoms with van der Waals surface area (Å²) in [6.45, 7) is 6.66. The number of rotatable bonds is 11. The lowest BCUT2D eigenvalue weighted by molar-refractivity contribution is -0.140. The van der Waals surface area contributed by atoms with Crippen LogP contribution < -0.4 is 9.62 Å². The summed E-state index contributed by atoms with van der Waals surface area (Å²) in [6.07, 6.45) is 0.289. The van der Waals surface area contributed by atoms with Gasteiger partial charge in [0.05, 0.1) is 10.6 Å². The third kappa shape index (κ3) is 7.91. The third-order valence-corrected chi connectivity index (χ3v) is 8.77. The molecule has 0 unspecified atom stereocenters. The Kier molecular flexibility index (Phi) is 10.9. The molecule has 3 rings (SSSR count). The molecule has 3 aromatic carbocycles. The van der Waals surface area contributed by atoms with Crippen molar-refractivity contribution in [1.82, 2.24) is 10.2 Å². The summed E-state index contributed by atoms with van der Waals surface area (Å²) in [5, 5.41) is 3.91. The van der Waals surface area contributed by atoms with E-state index in [1.165, 1.54) is 23.1 Å². The van der Waals surface area contributed by atoms with E-state index < -0.39 is 28.5 Å². The van der Waals surface area contributed by atoms with Gasteiger partial charge in [0, 0.05) is 27.7 Å². The molecule has 2 amide bonds. The van der Waals surface area contributed by atoms with Gasteiger partial charge in [0.15, 0.2) is 0 Å². The van der Waals surface area contributed by atoms with Crippen molar-refractivity contribution in [3.05, 3.63) is 92.9 Å². The summed E-state index contributed by atoms with van der Waals surface area (Å²) in [5.41, 5.74) is 1.66. The first-order chi connectivity index (χ1) is 18.8. The number of aryl methyl sites for hydroxylation is 1. The highest BCUT2D eigenvalue weighted by atomic mass is 35.5. The molecule has 0 aromatic heterocycles. The van der Waals surface area contributed by atoms with Crippen molar-refractivity contribution in [2.45, 2.75) is 57.6 Å². The van der Waals surface area contributed by atoms with Crippen molar-refractivity contribution in [2.24, 2.45) is 0 Å². The predicted octanol–water partition coefficient (Wildman–Crippen LogP) is 6.48. The van der Waals surface area contributed by atoms with Gasteiger partial charge < -0.3 is 10.2 Å². The van der Waals surface area contributed by atoms with Crippen LogP contribution in [0.1, 0.15) is 38.3 Å². The van der Waals surface area contributed by atoms with Crippen LogP contribution in [0, 0.1) is 6.92 Å². The Morgan fingerprint density at radius 3 is 2.15 bits per heavy atom. The van der Waals surface area contributed by atoms with Gasteiger partial charge in [-0.15, -0.1) is 0 Å². The van der Waals surface area contributed by atoms with Gasteiger partial charge in [-0.05, 0) is 75.2 Å². The summed E-state index contributed by atoms with van der Waals surface area (Å²) in [4.78, 5) is 28.6. The molecule has 0 radical (unpaired) electrons. The molecule has 0 saturated heterocycles. The van der Waals surface area contributed by atoms with E-state index in [1.807, 2.05) is 20.8 Å². The lowest BCUT2D eigenvalue weighted by atomic mass is 10.1. The van der Waals surface area contributed by atoms with E-state index in [0.29, 0.717) is 20.6 Å². The van der Waals surface area contributed by atoms with Gasteiger partial charge in [-0.25, -0.2) is 8.42 Å². The van der Waals surface area contributed by atoms with Gasteiger partial charge in [-0.2, -0.15) is 0 Å². The summed E-state index contributed by atoms with van der Waals surface area (Å²) in [6, 6.07) is 16.4. The van der Waals surface area contributed by atoms with Gasteiger partial charge in [-0.1, -0.05) is 71.6 Å². The van der Waals surface area contributed by atoms with Crippen LogP contribution in [0.4, 0.5) is 5.69 Å². The first kappa shape index (κ1) is 31.7. The van der Waals surface area contributed by atoms with Crippen LogP contribution >= 0.6 is 34.8 Å². The second-order valence-electron chi connectivity index (χ2n) is 9.65. The van der Waals surface area contributed by atoms with Gasteiger partial charge >= 0.3 is 0 Å². The summed E-state index contributed by atoms with van der Waals surface area (Å²) in [5.74, 6) is -0.945. The summed E-state index contributed by atoms with van der Waals surface area (Å²) >= 11 is 18.7. The Morgan fingerprint density at radius 2 is 1.57 bits per heavy atom. The highest BCUT2D eigenvalue weighted by Crippen LogP contribution is 2.28. The molecular weight excluding hydrogens is 593 g/mol. The number of nitrogens with zero attached hydrogens (tertiary/aromatic N) is 2. The largest absolute Gasteiger partial charge is 0.352 e. The van der Waals surface area contributed by atoms with Crippen LogP contribution in [0.5, 0.6) is 0 Å². The van der Waals surface area contributed by atoms with E-state index in [0.717, 1.165) is 9.87 Å². The Bertz CT molecular complexity index is 1460. The minimum atomic E-state index is -4.19. The number of carbonyl (C=O) groups is 2. The van der Waals surface area contributed by atoms with Crippen LogP contribution in [-0.4, -0.2) is 43.8 Å². The fourth-order valence-electron chi connectivity index (χ4n) is 4.13. The molecule has 214 valence electrons. The van der Waals surface area contributed by atoms with Crippen molar-refractivity contribution in [3.63, 3.8) is 0 Å². The molecule has 0 fully saturated rings. The van der Waals surface area contributed by atoms with Crippen LogP contribution in [0.15, 0.2) is 71.6 Å². The zero-order valence-electron chi connectivity index (χ0n) is 22.7. The van der Waals surface area contributed by atoms with E-state index in [2.05, 4.69) is 5.32 Å². The van der Waals surface area contributed by atoms with Crippen molar-refractivity contribution >= 4 is 62.3 Å². The molecular formula is C29H32Cl3N3O4S. The SMILES string of the molecule is CC[C@@H](C(=O)NC(C)C)N(Cc1ccc(Cl)cc1Cl)C(=O)CN(c1cccc(Cl)c1)S(=O)(=O)c1ccc(C)cc1. The lowest BCUT2D eigenvalue weighted by Crippen LogP contribution is -2.53. The maximum atomic E-state index is 14.1. The van der Waals surface area contributed by atoms with Gasteiger partial charge in [0.2, 0.25) is 11.8 Å². The average Bonchev–Trinajstić information content (AvgIpc) is 2.88. The van der Waals surface area contributed by atoms with Crippen molar-refractivity contribution in [2.75, 3.05) is 10.8 Å². The number of amides is 2. The topological polar surface area (TPSA) is 86.8 Å². The first-order valence-electron chi connectivity index (χ1n) is 12.7. The van der Waals surface area contributed by atoms with Crippen LogP contribution in [-0.2, 0) is 26.2 Å². The Balaban J connectivity index is 2.09. The molecule has 0 spiro atoms. The first-order valence-corrected chi connectivity index (χ1v) is 15.3. The Labute approximate surface area is 251 Å². The molecule has 40 heavy (non-hydrogen) atoms. The molecule has 0 aliphatic carbocycles. The standard InChI is InChI=1S/C29H32Cl3N3O4S/c1-5-27(29(37)33-19(2)3)34(17-21-11-12-23(31)16-26(21)32)28(36)18-35(24-8-6-7-22(30)15-24)40(38,39)25-13-9-20(4)10-14-25/h6-16,19,27H,5,17-18H2,1-4H3,(H,33,37)/t27-/m0/s1. The van der Waals surface area contributed by atoms with Crippen LogP contribution in [0.2, 0.25) is 15.1 Å². The molecule has 0 aliphatic heterocycles. The average molecular weight is 625 g/mol. The number of benzene rings is 3. The molecule has 11 heteroatoms. The second-order valence-corrected chi connectivity index (χ2v) is 12.8. The summed E-state index contributed by atoms with van der Waals surface area (Å²) < 4.78 is 28.8. The second kappa shape index (κ2) is 13.7. The maximum Gasteiger partial charge on any atom is 0.264 e. The van der Waals surface area contributed by atoms with Gasteiger partial charge in [-0.3, -0.25) is 13.9 Å². The Morgan fingerprint density at radius 1 is 0.925 bits per heavy atom. The molecule has 7 nitrogen and oxygen atoms in total. The fraction of sp³-hybridized carbons (Fsp3) is 0.310. The number of hydrogen-bond acceptors (Lipinski definition) is 4. The van der Waals surface area contributed by atoms with Crippen molar-refractivity contribution in [1.29, 1.82) is 0 Å². The number of carbonyl (C=O) groups excluding carboxylic acids is 2. The predicted molar refractivity (Wildman–Crippen MR) is 162 cm³/mol. The van der Waals surface area contributed by atoms with E-state index in [9.17, 15) is 18.0 Å². The van der Waals surface area contributed by atoms with Crippen molar-refractivity contribution < 1.29 is 18.0 Å². The number of halogens is 3. The number of anilines is 1.